The van der Waals surface area contributed by atoms with Crippen molar-refractivity contribution in [1.82, 2.24) is 15.6 Å². The van der Waals surface area contributed by atoms with E-state index in [9.17, 15) is 14.0 Å². The number of nitrogens with zero attached hydrogens (tertiary/aromatic N) is 1. The third-order valence-electron chi connectivity index (χ3n) is 5.30. The molecule has 1 aromatic carbocycles. The quantitative estimate of drug-likeness (QED) is 0.442. The molecule has 2 atom stereocenters. The van der Waals surface area contributed by atoms with Crippen LogP contribution in [-0.2, 0) is 9.53 Å². The molecule has 0 bridgehead atoms. The molecular weight excluding hydrogens is 463 g/mol. The molecule has 1 aliphatic carbocycles. The summed E-state index contributed by atoms with van der Waals surface area (Å²) in [7, 11) is 1.87. The third kappa shape index (κ3) is 10.7. The van der Waals surface area contributed by atoms with Crippen LogP contribution in [0.25, 0.3) is 0 Å². The topological polar surface area (TPSA) is 102 Å². The van der Waals surface area contributed by atoms with Crippen molar-refractivity contribution in [3.8, 4) is 5.75 Å². The lowest BCUT2D eigenvalue weighted by atomic mass is 10.2. The molecule has 1 aromatic heterocycles. The van der Waals surface area contributed by atoms with Crippen molar-refractivity contribution in [2.24, 2.45) is 0 Å². The molecule has 3 N–H and O–H groups in total. The molecule has 9 heteroatoms. The van der Waals surface area contributed by atoms with Crippen LogP contribution in [0.5, 0.6) is 5.75 Å². The predicted molar refractivity (Wildman–Crippen MR) is 139 cm³/mol. The van der Waals surface area contributed by atoms with Gasteiger partial charge in [0.2, 0.25) is 0 Å². The lowest BCUT2D eigenvalue weighted by Gasteiger charge is -2.12. The van der Waals surface area contributed by atoms with Crippen molar-refractivity contribution in [3.63, 3.8) is 0 Å². The van der Waals surface area contributed by atoms with Gasteiger partial charge in [0.05, 0.1) is 12.2 Å². The van der Waals surface area contributed by atoms with E-state index in [1.807, 2.05) is 27.8 Å². The highest BCUT2D eigenvalue weighted by molar-refractivity contribution is 5.97. The molecule has 1 saturated heterocycles. The van der Waals surface area contributed by atoms with Gasteiger partial charge in [0.15, 0.2) is 0 Å². The van der Waals surface area contributed by atoms with Gasteiger partial charge in [0.1, 0.15) is 23.4 Å². The van der Waals surface area contributed by atoms with Gasteiger partial charge in [-0.1, -0.05) is 19.9 Å². The fraction of sp³-hybridized carbons (Fsp3) is 0.519. The Balaban J connectivity index is 0.000000291. The average molecular weight is 503 g/mol. The van der Waals surface area contributed by atoms with Crippen molar-refractivity contribution in [2.45, 2.75) is 71.2 Å². The van der Waals surface area contributed by atoms with Crippen LogP contribution in [-0.4, -0.2) is 55.2 Å². The number of amides is 2. The summed E-state index contributed by atoms with van der Waals surface area (Å²) in [6.07, 6.45) is 6.21. The smallest absolute Gasteiger partial charge is 0.269 e. The highest BCUT2D eigenvalue weighted by atomic mass is 19.1. The van der Waals surface area contributed by atoms with Gasteiger partial charge in [-0.2, -0.15) is 0 Å². The van der Waals surface area contributed by atoms with E-state index in [4.69, 9.17) is 9.47 Å². The Hall–Kier alpha value is -3.04. The van der Waals surface area contributed by atoms with E-state index >= 15 is 0 Å². The molecule has 198 valence electrons. The van der Waals surface area contributed by atoms with Crippen molar-refractivity contribution in [3.05, 3.63) is 54.1 Å². The third-order valence-corrected chi connectivity index (χ3v) is 5.30. The minimum absolute atomic E-state index is 0.113. The molecular formula is C27H39FN4O4. The second-order valence-electron chi connectivity index (χ2n) is 8.42. The summed E-state index contributed by atoms with van der Waals surface area (Å²) in [6, 6.07) is 9.50. The summed E-state index contributed by atoms with van der Waals surface area (Å²) in [4.78, 5) is 28.2. The molecule has 36 heavy (non-hydrogen) atoms. The molecule has 2 heterocycles. The van der Waals surface area contributed by atoms with E-state index in [1.54, 1.807) is 24.3 Å². The molecule has 0 spiro atoms. The molecule has 8 nitrogen and oxygen atoms in total. The molecule has 2 aliphatic rings. The predicted octanol–water partition coefficient (Wildman–Crippen LogP) is 4.32. The minimum Gasteiger partial charge on any atom is -0.490 e. The number of carbonyl (C=O) groups excluding carboxylic acids is 2. The number of halogens is 1. The van der Waals surface area contributed by atoms with Crippen molar-refractivity contribution >= 4 is 17.5 Å². The van der Waals surface area contributed by atoms with Gasteiger partial charge < -0.3 is 25.4 Å². The van der Waals surface area contributed by atoms with Crippen molar-refractivity contribution in [1.29, 1.82) is 0 Å². The molecule has 2 fully saturated rings. The van der Waals surface area contributed by atoms with Crippen LogP contribution in [0.1, 0.15) is 63.4 Å². The van der Waals surface area contributed by atoms with Crippen LogP contribution in [0.3, 0.4) is 0 Å². The van der Waals surface area contributed by atoms with Crippen molar-refractivity contribution < 1.29 is 23.5 Å². The number of pyridine rings is 1. The average Bonchev–Trinajstić information content (AvgIpc) is 3.59. The van der Waals surface area contributed by atoms with Crippen LogP contribution >= 0.6 is 0 Å². The van der Waals surface area contributed by atoms with E-state index in [-0.39, 0.29) is 29.4 Å². The Morgan fingerprint density at radius 3 is 2.53 bits per heavy atom. The maximum atomic E-state index is 12.6. The Morgan fingerprint density at radius 2 is 1.89 bits per heavy atom. The normalized spacial score (nSPS) is 18.1. The standard InChI is InChI=1S/C16H24N4O3.C9H9FO.C2H6/c1-11-4-5-14(23-11)16(22)20-12-6-9-18-13(10-12)15(21)19-8-3-7-17-2;10-7-2-1-3-9(6-7)11-8-4-5-8;1-2/h6,9-11,14,17H,3-5,7-8H2,1-2H3,(H,19,21)(H,18,20,22);1-3,6,8H,4-5H2;1-2H3. The van der Waals surface area contributed by atoms with Crippen LogP contribution < -0.4 is 20.7 Å². The van der Waals surface area contributed by atoms with E-state index in [2.05, 4.69) is 20.9 Å². The maximum Gasteiger partial charge on any atom is 0.269 e. The summed E-state index contributed by atoms with van der Waals surface area (Å²) in [5, 5.41) is 8.59. The first-order valence-electron chi connectivity index (χ1n) is 12.7. The molecule has 1 saturated carbocycles. The summed E-state index contributed by atoms with van der Waals surface area (Å²) >= 11 is 0. The second kappa shape index (κ2) is 15.9. The fourth-order valence-corrected chi connectivity index (χ4v) is 3.33. The number of nitrogens with one attached hydrogen (secondary N) is 3. The molecule has 1 aliphatic heterocycles. The lowest BCUT2D eigenvalue weighted by Crippen LogP contribution is -2.29. The molecule has 2 amide bonds. The largest absolute Gasteiger partial charge is 0.490 e. The zero-order chi connectivity index (χ0) is 26.3. The zero-order valence-electron chi connectivity index (χ0n) is 21.7. The highest BCUT2D eigenvalue weighted by Gasteiger charge is 2.28. The Morgan fingerprint density at radius 1 is 1.11 bits per heavy atom. The molecule has 2 aromatic rings. The number of hydrogen-bond donors (Lipinski definition) is 3. The second-order valence-corrected chi connectivity index (χ2v) is 8.42. The minimum atomic E-state index is -0.419. The van der Waals surface area contributed by atoms with Gasteiger partial charge >= 0.3 is 0 Å². The van der Waals surface area contributed by atoms with E-state index in [0.29, 0.717) is 24.1 Å². The summed E-state index contributed by atoms with van der Waals surface area (Å²) in [6.45, 7) is 7.37. The number of hydrogen-bond acceptors (Lipinski definition) is 6. The summed E-state index contributed by atoms with van der Waals surface area (Å²) < 4.78 is 23.5. The highest BCUT2D eigenvalue weighted by Crippen LogP contribution is 2.26. The Labute approximate surface area is 213 Å². The van der Waals surface area contributed by atoms with Gasteiger partial charge in [0, 0.05) is 24.5 Å². The van der Waals surface area contributed by atoms with Gasteiger partial charge in [-0.15, -0.1) is 0 Å². The van der Waals surface area contributed by atoms with Crippen molar-refractivity contribution in [2.75, 3.05) is 25.5 Å². The van der Waals surface area contributed by atoms with Gasteiger partial charge in [-0.3, -0.25) is 14.6 Å². The molecule has 4 rings (SSSR count). The number of benzene rings is 1. The first-order chi connectivity index (χ1) is 17.4. The lowest BCUT2D eigenvalue weighted by molar-refractivity contribution is -0.126. The van der Waals surface area contributed by atoms with Gasteiger partial charge in [0.25, 0.3) is 11.8 Å². The Kier molecular flexibility index (Phi) is 12.9. The van der Waals surface area contributed by atoms with E-state index in [1.165, 1.54) is 18.3 Å². The maximum absolute atomic E-state index is 12.6. The number of ether oxygens (including phenoxy) is 2. The van der Waals surface area contributed by atoms with Crippen LogP contribution in [0.15, 0.2) is 42.6 Å². The van der Waals surface area contributed by atoms with Gasteiger partial charge in [-0.05, 0) is 76.9 Å². The zero-order valence-corrected chi connectivity index (χ0v) is 21.7. The SMILES string of the molecule is CC.CNCCCNC(=O)c1cc(NC(=O)C2CCC(C)O2)ccn1.Fc1cccc(OC2CC2)c1. The van der Waals surface area contributed by atoms with Crippen LogP contribution in [0.4, 0.5) is 10.1 Å². The first-order valence-corrected chi connectivity index (χ1v) is 12.7. The van der Waals surface area contributed by atoms with Crippen LogP contribution in [0, 0.1) is 5.82 Å². The van der Waals surface area contributed by atoms with E-state index in [0.717, 1.165) is 38.6 Å². The fourth-order valence-electron chi connectivity index (χ4n) is 3.33. The monoisotopic (exact) mass is 502 g/mol. The van der Waals surface area contributed by atoms with E-state index < -0.39 is 6.10 Å². The number of rotatable bonds is 9. The first kappa shape index (κ1) is 29.2. The van der Waals surface area contributed by atoms with Crippen LogP contribution in [0.2, 0.25) is 0 Å². The number of anilines is 1. The summed E-state index contributed by atoms with van der Waals surface area (Å²) in [5.41, 5.74) is 0.835. The summed E-state index contributed by atoms with van der Waals surface area (Å²) in [5.74, 6) is -0.0143. The molecule has 0 radical (unpaired) electrons. The Bertz CT molecular complexity index is 955. The van der Waals surface area contributed by atoms with Gasteiger partial charge in [-0.25, -0.2) is 4.39 Å². The number of aromatic nitrogens is 1. The number of carbonyl (C=O) groups is 2. The molecule has 2 unspecified atom stereocenters.